The van der Waals surface area contributed by atoms with Crippen LogP contribution in [0.15, 0.2) is 45.9 Å². The fraction of sp³-hybridized carbons (Fsp3) is 0.450. The van der Waals surface area contributed by atoms with Gasteiger partial charge in [0.2, 0.25) is 5.89 Å². The summed E-state index contributed by atoms with van der Waals surface area (Å²) in [6.07, 6.45) is 4.00. The number of nitrogens with zero attached hydrogens (tertiary/aromatic N) is 4. The van der Waals surface area contributed by atoms with Crippen molar-refractivity contribution < 1.29 is 4.52 Å². The average Bonchev–Trinajstić information content (AvgIpc) is 3.15. The molecule has 1 aliphatic heterocycles. The Balaban J connectivity index is 1.51. The van der Waals surface area contributed by atoms with E-state index in [2.05, 4.69) is 75.6 Å². The Morgan fingerprint density at radius 1 is 1.31 bits per heavy atom. The van der Waals surface area contributed by atoms with E-state index >= 15 is 0 Å². The Hall–Kier alpha value is -2.63. The zero-order chi connectivity index (χ0) is 18.4. The van der Waals surface area contributed by atoms with Gasteiger partial charge in [-0.2, -0.15) is 4.98 Å². The van der Waals surface area contributed by atoms with Crippen molar-refractivity contribution in [2.24, 2.45) is 4.99 Å². The minimum atomic E-state index is 0.284. The molecule has 3 rings (SSSR count). The molecule has 2 aromatic rings. The Labute approximate surface area is 155 Å². The standard InChI is InChI=1S/C20H27N5O/c1-15(2)19-23-18(26-24-19)9-12-22-20(21-3)25-13-10-17(11-14-25)16-7-5-4-6-8-16/h4-8,10,15H,9,11-14H2,1-3H3,(H,21,22). The van der Waals surface area contributed by atoms with Crippen LogP contribution in [-0.2, 0) is 6.42 Å². The zero-order valence-corrected chi connectivity index (χ0v) is 15.8. The zero-order valence-electron chi connectivity index (χ0n) is 15.8. The second-order valence-corrected chi connectivity index (χ2v) is 6.72. The summed E-state index contributed by atoms with van der Waals surface area (Å²) < 4.78 is 5.29. The lowest BCUT2D eigenvalue weighted by Crippen LogP contribution is -2.44. The van der Waals surface area contributed by atoms with E-state index in [1.165, 1.54) is 11.1 Å². The van der Waals surface area contributed by atoms with Crippen LogP contribution in [0, 0.1) is 0 Å². The third kappa shape index (κ3) is 4.50. The van der Waals surface area contributed by atoms with Gasteiger partial charge in [-0.15, -0.1) is 0 Å². The van der Waals surface area contributed by atoms with Crippen LogP contribution in [0.3, 0.4) is 0 Å². The molecule has 0 radical (unpaired) electrons. The van der Waals surface area contributed by atoms with Gasteiger partial charge in [-0.1, -0.05) is 55.4 Å². The third-order valence-electron chi connectivity index (χ3n) is 4.49. The summed E-state index contributed by atoms with van der Waals surface area (Å²) >= 11 is 0. The number of nitrogens with one attached hydrogen (secondary N) is 1. The molecule has 26 heavy (non-hydrogen) atoms. The minimum Gasteiger partial charge on any atom is -0.356 e. The molecule has 2 heterocycles. The van der Waals surface area contributed by atoms with Crippen LogP contribution in [0.4, 0.5) is 0 Å². The van der Waals surface area contributed by atoms with E-state index in [-0.39, 0.29) is 5.92 Å². The van der Waals surface area contributed by atoms with Crippen molar-refractivity contribution >= 4 is 11.5 Å². The molecule has 0 amide bonds. The van der Waals surface area contributed by atoms with Gasteiger partial charge in [0.1, 0.15) is 0 Å². The molecule has 1 aromatic carbocycles. The van der Waals surface area contributed by atoms with Gasteiger partial charge in [0, 0.05) is 39.0 Å². The van der Waals surface area contributed by atoms with E-state index in [4.69, 9.17) is 4.52 Å². The molecule has 1 aromatic heterocycles. The van der Waals surface area contributed by atoms with Crippen molar-refractivity contribution in [2.75, 3.05) is 26.7 Å². The normalized spacial score (nSPS) is 15.3. The predicted octanol–water partition coefficient (Wildman–Crippen LogP) is 3.10. The maximum atomic E-state index is 5.29. The fourth-order valence-corrected chi connectivity index (χ4v) is 2.99. The lowest BCUT2D eigenvalue weighted by atomic mass is 10.00. The molecule has 0 bridgehead atoms. The summed E-state index contributed by atoms with van der Waals surface area (Å²) in [5.74, 6) is 2.63. The number of hydrogen-bond donors (Lipinski definition) is 1. The number of rotatable bonds is 5. The maximum absolute atomic E-state index is 5.29. The molecule has 1 aliphatic rings. The first-order chi connectivity index (χ1) is 12.7. The Morgan fingerprint density at radius 3 is 2.73 bits per heavy atom. The van der Waals surface area contributed by atoms with E-state index in [0.717, 1.165) is 37.8 Å². The van der Waals surface area contributed by atoms with E-state index in [0.29, 0.717) is 12.3 Å². The first-order valence-electron chi connectivity index (χ1n) is 9.20. The first-order valence-corrected chi connectivity index (χ1v) is 9.20. The van der Waals surface area contributed by atoms with Gasteiger partial charge in [0.05, 0.1) is 0 Å². The molecule has 0 atom stereocenters. The number of hydrogen-bond acceptors (Lipinski definition) is 4. The Bertz CT molecular complexity index is 764. The lowest BCUT2D eigenvalue weighted by molar-refractivity contribution is 0.369. The van der Waals surface area contributed by atoms with Crippen molar-refractivity contribution in [3.63, 3.8) is 0 Å². The summed E-state index contributed by atoms with van der Waals surface area (Å²) in [5.41, 5.74) is 2.72. The summed E-state index contributed by atoms with van der Waals surface area (Å²) in [7, 11) is 1.82. The van der Waals surface area contributed by atoms with E-state index in [1.54, 1.807) is 0 Å². The topological polar surface area (TPSA) is 66.5 Å². The van der Waals surface area contributed by atoms with E-state index in [9.17, 15) is 0 Å². The molecule has 0 saturated carbocycles. The summed E-state index contributed by atoms with van der Waals surface area (Å²) in [4.78, 5) is 11.1. The van der Waals surface area contributed by atoms with Crippen LogP contribution in [-0.4, -0.2) is 47.7 Å². The van der Waals surface area contributed by atoms with Crippen molar-refractivity contribution in [3.05, 3.63) is 53.7 Å². The molecule has 138 valence electrons. The molecule has 6 nitrogen and oxygen atoms in total. The molecule has 6 heteroatoms. The summed E-state index contributed by atoms with van der Waals surface area (Å²) in [6, 6.07) is 10.6. The highest BCUT2D eigenvalue weighted by Crippen LogP contribution is 2.21. The highest BCUT2D eigenvalue weighted by atomic mass is 16.5. The van der Waals surface area contributed by atoms with Gasteiger partial charge in [-0.25, -0.2) is 0 Å². The molecular formula is C20H27N5O. The summed E-state index contributed by atoms with van der Waals surface area (Å²) in [6.45, 7) is 6.66. The average molecular weight is 353 g/mol. The van der Waals surface area contributed by atoms with E-state index < -0.39 is 0 Å². The highest BCUT2D eigenvalue weighted by Gasteiger charge is 2.16. The van der Waals surface area contributed by atoms with Crippen LogP contribution in [0.5, 0.6) is 0 Å². The lowest BCUT2D eigenvalue weighted by Gasteiger charge is -2.29. The highest BCUT2D eigenvalue weighted by molar-refractivity contribution is 5.81. The minimum absolute atomic E-state index is 0.284. The molecule has 0 fully saturated rings. The van der Waals surface area contributed by atoms with Gasteiger partial charge in [-0.05, 0) is 17.6 Å². The number of aromatic nitrogens is 2. The van der Waals surface area contributed by atoms with Gasteiger partial charge >= 0.3 is 0 Å². The molecule has 0 saturated heterocycles. The Kier molecular flexibility index (Phi) is 6.04. The largest absolute Gasteiger partial charge is 0.356 e. The molecule has 1 N–H and O–H groups in total. The van der Waals surface area contributed by atoms with Crippen molar-refractivity contribution in [3.8, 4) is 0 Å². The second kappa shape index (κ2) is 8.65. The quantitative estimate of drug-likeness (QED) is 0.661. The Morgan fingerprint density at radius 2 is 2.12 bits per heavy atom. The number of benzene rings is 1. The number of guanidine groups is 1. The SMILES string of the molecule is CN=C(NCCc1nc(C(C)C)no1)N1CC=C(c2ccccc2)CC1. The van der Waals surface area contributed by atoms with Gasteiger partial charge in [0.15, 0.2) is 11.8 Å². The molecule has 0 unspecified atom stereocenters. The molecule has 0 spiro atoms. The molecular weight excluding hydrogens is 326 g/mol. The second-order valence-electron chi connectivity index (χ2n) is 6.72. The van der Waals surface area contributed by atoms with Crippen LogP contribution in [0.2, 0.25) is 0 Å². The summed E-state index contributed by atoms with van der Waals surface area (Å²) in [5, 5.41) is 7.40. The molecule has 0 aliphatic carbocycles. The maximum Gasteiger partial charge on any atom is 0.228 e. The van der Waals surface area contributed by atoms with Crippen molar-refractivity contribution in [2.45, 2.75) is 32.6 Å². The third-order valence-corrected chi connectivity index (χ3v) is 4.49. The first kappa shape index (κ1) is 18.2. The van der Waals surface area contributed by atoms with Crippen LogP contribution >= 0.6 is 0 Å². The van der Waals surface area contributed by atoms with Gasteiger partial charge in [0.25, 0.3) is 0 Å². The van der Waals surface area contributed by atoms with Crippen molar-refractivity contribution in [1.82, 2.24) is 20.4 Å². The number of aliphatic imine (C=N–C) groups is 1. The van der Waals surface area contributed by atoms with Gasteiger partial charge in [-0.3, -0.25) is 4.99 Å². The fourth-order valence-electron chi connectivity index (χ4n) is 2.99. The van der Waals surface area contributed by atoms with Crippen LogP contribution in [0.25, 0.3) is 5.57 Å². The van der Waals surface area contributed by atoms with Crippen molar-refractivity contribution in [1.29, 1.82) is 0 Å². The van der Waals surface area contributed by atoms with Crippen LogP contribution < -0.4 is 5.32 Å². The van der Waals surface area contributed by atoms with E-state index in [1.807, 2.05) is 7.05 Å². The monoisotopic (exact) mass is 353 g/mol. The van der Waals surface area contributed by atoms with Gasteiger partial charge < -0.3 is 14.7 Å². The predicted molar refractivity (Wildman–Crippen MR) is 104 cm³/mol. The smallest absolute Gasteiger partial charge is 0.228 e. The van der Waals surface area contributed by atoms with Crippen LogP contribution in [0.1, 0.15) is 43.5 Å².